The fourth-order valence-corrected chi connectivity index (χ4v) is 1.64. The summed E-state index contributed by atoms with van der Waals surface area (Å²) in [6.07, 6.45) is 0.900. The molecule has 1 heterocycles. The third-order valence-corrected chi connectivity index (χ3v) is 2.73. The molecule has 0 fully saturated rings. The van der Waals surface area contributed by atoms with Gasteiger partial charge in [-0.15, -0.1) is 0 Å². The van der Waals surface area contributed by atoms with Gasteiger partial charge in [0.2, 0.25) is 0 Å². The van der Waals surface area contributed by atoms with Crippen LogP contribution in [0.5, 0.6) is 0 Å². The summed E-state index contributed by atoms with van der Waals surface area (Å²) in [4.78, 5) is 25.4. The molecule has 0 unspecified atom stereocenters. The van der Waals surface area contributed by atoms with Crippen LogP contribution in [0.15, 0.2) is 9.59 Å². The predicted molar refractivity (Wildman–Crippen MR) is 74.0 cm³/mol. The van der Waals surface area contributed by atoms with Crippen LogP contribution in [0.25, 0.3) is 0 Å². The monoisotopic (exact) mass is 254 g/mol. The van der Waals surface area contributed by atoms with Crippen molar-refractivity contribution in [1.82, 2.24) is 9.55 Å². The van der Waals surface area contributed by atoms with E-state index in [9.17, 15) is 9.59 Å². The highest BCUT2D eigenvalue weighted by Crippen LogP contribution is 2.18. The van der Waals surface area contributed by atoms with Gasteiger partial charge in [-0.3, -0.25) is 14.3 Å². The molecule has 0 aromatic carbocycles. The number of H-pyrrole nitrogens is 1. The Hall–Kier alpha value is -1.72. The Balaban J connectivity index is 2.96. The topological polar surface area (TPSA) is 92.9 Å². The molecule has 0 bridgehead atoms. The Morgan fingerprint density at radius 3 is 2.44 bits per heavy atom. The van der Waals surface area contributed by atoms with E-state index in [4.69, 9.17) is 5.73 Å². The summed E-state index contributed by atoms with van der Waals surface area (Å²) < 4.78 is 1.33. The molecular formula is C12H22N4O2. The zero-order valence-electron chi connectivity index (χ0n) is 11.5. The van der Waals surface area contributed by atoms with Crippen molar-refractivity contribution >= 4 is 11.5 Å². The minimum absolute atomic E-state index is 0.174. The minimum Gasteiger partial charge on any atom is -0.383 e. The summed E-state index contributed by atoms with van der Waals surface area (Å²) >= 11 is 0. The van der Waals surface area contributed by atoms with Crippen molar-refractivity contribution in [3.05, 3.63) is 20.8 Å². The smallest absolute Gasteiger partial charge is 0.330 e. The molecule has 0 aliphatic heterocycles. The Labute approximate surface area is 106 Å². The molecule has 0 spiro atoms. The summed E-state index contributed by atoms with van der Waals surface area (Å²) in [6, 6.07) is 0. The average molecular weight is 254 g/mol. The van der Waals surface area contributed by atoms with E-state index in [1.165, 1.54) is 4.57 Å². The molecule has 1 aromatic heterocycles. The third-order valence-electron chi connectivity index (χ3n) is 2.73. The van der Waals surface area contributed by atoms with Crippen LogP contribution in [-0.2, 0) is 6.54 Å². The summed E-state index contributed by atoms with van der Waals surface area (Å²) in [5, 5.41) is 3.01. The lowest BCUT2D eigenvalue weighted by atomic mass is 9.92. The van der Waals surface area contributed by atoms with E-state index < -0.39 is 11.2 Å². The number of hydrogen-bond donors (Lipinski definition) is 3. The minimum atomic E-state index is -0.471. The first kappa shape index (κ1) is 14.3. The molecular weight excluding hydrogens is 232 g/mol. The first-order valence-electron chi connectivity index (χ1n) is 6.12. The van der Waals surface area contributed by atoms with Crippen LogP contribution in [0.2, 0.25) is 0 Å². The Morgan fingerprint density at radius 2 is 1.94 bits per heavy atom. The third kappa shape index (κ3) is 3.38. The molecule has 102 valence electrons. The molecule has 0 aliphatic rings. The first-order valence-corrected chi connectivity index (χ1v) is 6.12. The zero-order valence-corrected chi connectivity index (χ0v) is 11.5. The number of nitrogens with two attached hydrogens (primary N) is 1. The summed E-state index contributed by atoms with van der Waals surface area (Å²) in [5.41, 5.74) is 5.35. The van der Waals surface area contributed by atoms with Gasteiger partial charge in [0.1, 0.15) is 11.5 Å². The number of nitrogens with zero attached hydrogens (tertiary/aromatic N) is 1. The van der Waals surface area contributed by atoms with Gasteiger partial charge in [-0.05, 0) is 18.8 Å². The second-order valence-corrected chi connectivity index (χ2v) is 5.50. The van der Waals surface area contributed by atoms with E-state index in [-0.39, 0.29) is 16.9 Å². The number of aromatic nitrogens is 2. The molecule has 4 N–H and O–H groups in total. The zero-order chi connectivity index (χ0) is 13.9. The Morgan fingerprint density at radius 1 is 1.33 bits per heavy atom. The molecule has 6 heteroatoms. The van der Waals surface area contributed by atoms with Gasteiger partial charge in [-0.1, -0.05) is 20.8 Å². The predicted octanol–water partition coefficient (Wildman–Crippen LogP) is 0.987. The maximum absolute atomic E-state index is 11.7. The SMILES string of the molecule is CCn1c(N)c(NCCC(C)(C)C)c(=O)[nH]c1=O. The van der Waals surface area contributed by atoms with Gasteiger partial charge in [0.25, 0.3) is 5.56 Å². The fourth-order valence-electron chi connectivity index (χ4n) is 1.64. The maximum Gasteiger partial charge on any atom is 0.330 e. The number of anilines is 2. The second kappa shape index (κ2) is 5.29. The van der Waals surface area contributed by atoms with Crippen molar-refractivity contribution in [2.45, 2.75) is 40.7 Å². The quantitative estimate of drug-likeness (QED) is 0.747. The number of nitrogens with one attached hydrogen (secondary N) is 2. The van der Waals surface area contributed by atoms with E-state index in [2.05, 4.69) is 31.1 Å². The van der Waals surface area contributed by atoms with Gasteiger partial charge in [-0.25, -0.2) is 4.79 Å². The highest BCUT2D eigenvalue weighted by Gasteiger charge is 2.13. The molecule has 0 atom stereocenters. The van der Waals surface area contributed by atoms with Gasteiger partial charge in [0.05, 0.1) is 0 Å². The van der Waals surface area contributed by atoms with Crippen molar-refractivity contribution in [2.75, 3.05) is 17.6 Å². The normalized spacial score (nSPS) is 11.6. The lowest BCUT2D eigenvalue weighted by molar-refractivity contribution is 0.389. The van der Waals surface area contributed by atoms with E-state index in [1.807, 2.05) is 0 Å². The lowest BCUT2D eigenvalue weighted by Crippen LogP contribution is -2.34. The van der Waals surface area contributed by atoms with Gasteiger partial charge in [0, 0.05) is 13.1 Å². The van der Waals surface area contributed by atoms with Crippen LogP contribution in [0.4, 0.5) is 11.5 Å². The highest BCUT2D eigenvalue weighted by molar-refractivity contribution is 5.60. The molecule has 0 saturated carbocycles. The molecule has 1 rings (SSSR count). The van der Waals surface area contributed by atoms with Crippen LogP contribution in [0.3, 0.4) is 0 Å². The van der Waals surface area contributed by atoms with Crippen molar-refractivity contribution in [1.29, 1.82) is 0 Å². The lowest BCUT2D eigenvalue weighted by Gasteiger charge is -2.19. The molecule has 0 amide bonds. The van der Waals surface area contributed by atoms with Gasteiger partial charge in [-0.2, -0.15) is 0 Å². The Kier molecular flexibility index (Phi) is 4.21. The molecule has 0 aliphatic carbocycles. The second-order valence-electron chi connectivity index (χ2n) is 5.50. The largest absolute Gasteiger partial charge is 0.383 e. The summed E-state index contributed by atoms with van der Waals surface area (Å²) in [5.74, 6) is 0.195. The van der Waals surface area contributed by atoms with Crippen molar-refractivity contribution < 1.29 is 0 Å². The fraction of sp³-hybridized carbons (Fsp3) is 0.667. The van der Waals surface area contributed by atoms with E-state index in [0.717, 1.165) is 6.42 Å². The standard InChI is InChI=1S/C12H22N4O2/c1-5-16-9(13)8(10(17)15-11(16)18)14-7-6-12(2,3)4/h14H,5-7,13H2,1-4H3,(H,15,17,18). The molecule has 0 radical (unpaired) electrons. The Bertz CT molecular complexity index is 522. The van der Waals surface area contributed by atoms with Crippen LogP contribution < -0.4 is 22.3 Å². The van der Waals surface area contributed by atoms with Crippen molar-refractivity contribution in [3.8, 4) is 0 Å². The molecule has 6 nitrogen and oxygen atoms in total. The molecule has 0 saturated heterocycles. The first-order chi connectivity index (χ1) is 8.26. The van der Waals surface area contributed by atoms with Crippen molar-refractivity contribution in [2.24, 2.45) is 5.41 Å². The number of rotatable bonds is 4. The van der Waals surface area contributed by atoms with Gasteiger partial charge >= 0.3 is 5.69 Å². The number of hydrogen-bond acceptors (Lipinski definition) is 4. The van der Waals surface area contributed by atoms with Gasteiger partial charge < -0.3 is 11.1 Å². The van der Waals surface area contributed by atoms with Crippen molar-refractivity contribution in [3.63, 3.8) is 0 Å². The van der Waals surface area contributed by atoms with Crippen LogP contribution in [-0.4, -0.2) is 16.1 Å². The average Bonchev–Trinajstić information content (AvgIpc) is 2.21. The van der Waals surface area contributed by atoms with Crippen LogP contribution >= 0.6 is 0 Å². The summed E-state index contributed by atoms with van der Waals surface area (Å²) in [6.45, 7) is 9.23. The number of aromatic amines is 1. The molecule has 18 heavy (non-hydrogen) atoms. The highest BCUT2D eigenvalue weighted by atomic mass is 16.2. The molecule has 1 aromatic rings. The van der Waals surface area contributed by atoms with Gasteiger partial charge in [0.15, 0.2) is 0 Å². The van der Waals surface area contributed by atoms with E-state index >= 15 is 0 Å². The van der Waals surface area contributed by atoms with E-state index in [1.54, 1.807) is 6.92 Å². The van der Waals surface area contributed by atoms with E-state index in [0.29, 0.717) is 13.1 Å². The van der Waals surface area contributed by atoms with Crippen LogP contribution in [0.1, 0.15) is 34.1 Å². The van der Waals surface area contributed by atoms with Crippen LogP contribution in [0, 0.1) is 5.41 Å². The number of nitrogen functional groups attached to an aromatic ring is 1. The summed E-state index contributed by atoms with van der Waals surface area (Å²) in [7, 11) is 0. The maximum atomic E-state index is 11.7.